The van der Waals surface area contributed by atoms with E-state index in [1.807, 2.05) is 0 Å². The van der Waals surface area contributed by atoms with Crippen LogP contribution in [0.5, 0.6) is 5.75 Å². The lowest BCUT2D eigenvalue weighted by Crippen LogP contribution is -2.14. The van der Waals surface area contributed by atoms with Crippen molar-refractivity contribution in [2.75, 3.05) is 7.11 Å². The number of pyridine rings is 1. The molecule has 2 aromatic rings. The molecule has 0 aliphatic heterocycles. The fourth-order valence-electron chi connectivity index (χ4n) is 2.25. The Kier molecular flexibility index (Phi) is 4.68. The zero-order valence-corrected chi connectivity index (χ0v) is 12.3. The highest BCUT2D eigenvalue weighted by molar-refractivity contribution is 5.87. The van der Waals surface area contributed by atoms with Crippen LogP contribution in [-0.2, 0) is 11.0 Å². The number of ketones is 1. The number of methoxy groups -OCH3 is 1. The molecule has 7 heteroatoms. The van der Waals surface area contributed by atoms with Crippen LogP contribution in [0.1, 0.15) is 29.7 Å². The number of hydrogen-bond donors (Lipinski definition) is 0. The van der Waals surface area contributed by atoms with Crippen LogP contribution in [0.25, 0.3) is 0 Å². The van der Waals surface area contributed by atoms with Crippen LogP contribution in [0.2, 0.25) is 0 Å². The Morgan fingerprint density at radius 1 is 1.22 bits per heavy atom. The summed E-state index contributed by atoms with van der Waals surface area (Å²) in [6, 6.07) is 5.87. The molecule has 0 fully saturated rings. The number of carbonyl (C=O) groups is 1. The number of alkyl halides is 3. The first-order chi connectivity index (χ1) is 10.7. The molecule has 0 radical (unpaired) electrons. The summed E-state index contributed by atoms with van der Waals surface area (Å²) in [6.45, 7) is 1.24. The first-order valence-electron chi connectivity index (χ1n) is 6.61. The third-order valence-corrected chi connectivity index (χ3v) is 3.34. The quantitative estimate of drug-likeness (QED) is 0.798. The SMILES string of the molecule is COc1ccc(C(C(C)=O)c2ccc(C(F)(F)F)nc2)c(F)c1. The summed E-state index contributed by atoms with van der Waals surface area (Å²) in [6.07, 6.45) is -3.63. The summed E-state index contributed by atoms with van der Waals surface area (Å²) >= 11 is 0. The third-order valence-electron chi connectivity index (χ3n) is 3.34. The number of nitrogens with zero attached hydrogens (tertiary/aromatic N) is 1. The molecule has 1 aromatic carbocycles. The summed E-state index contributed by atoms with van der Waals surface area (Å²) in [4.78, 5) is 15.2. The van der Waals surface area contributed by atoms with Gasteiger partial charge in [-0.15, -0.1) is 0 Å². The van der Waals surface area contributed by atoms with Gasteiger partial charge in [-0.1, -0.05) is 12.1 Å². The molecule has 0 saturated carbocycles. The van der Waals surface area contributed by atoms with E-state index in [0.717, 1.165) is 24.4 Å². The zero-order valence-electron chi connectivity index (χ0n) is 12.3. The van der Waals surface area contributed by atoms with Crippen molar-refractivity contribution in [2.24, 2.45) is 0 Å². The van der Waals surface area contributed by atoms with Gasteiger partial charge in [0.25, 0.3) is 0 Å². The number of ether oxygens (including phenoxy) is 1. The van der Waals surface area contributed by atoms with E-state index in [2.05, 4.69) is 4.98 Å². The van der Waals surface area contributed by atoms with Gasteiger partial charge in [0.15, 0.2) is 0 Å². The van der Waals surface area contributed by atoms with Crippen molar-refractivity contribution in [3.8, 4) is 5.75 Å². The lowest BCUT2D eigenvalue weighted by atomic mass is 9.88. The van der Waals surface area contributed by atoms with Crippen molar-refractivity contribution < 1.29 is 27.1 Å². The number of benzene rings is 1. The van der Waals surface area contributed by atoms with E-state index in [0.29, 0.717) is 0 Å². The first kappa shape index (κ1) is 16.9. The summed E-state index contributed by atoms with van der Waals surface area (Å²) in [5.74, 6) is -1.84. The van der Waals surface area contributed by atoms with E-state index in [4.69, 9.17) is 4.74 Å². The van der Waals surface area contributed by atoms with Gasteiger partial charge in [-0.2, -0.15) is 13.2 Å². The van der Waals surface area contributed by atoms with Crippen LogP contribution in [-0.4, -0.2) is 17.9 Å². The van der Waals surface area contributed by atoms with Crippen LogP contribution in [0, 0.1) is 5.82 Å². The van der Waals surface area contributed by atoms with Gasteiger partial charge in [0.1, 0.15) is 23.0 Å². The molecule has 23 heavy (non-hydrogen) atoms. The van der Waals surface area contributed by atoms with Crippen LogP contribution >= 0.6 is 0 Å². The lowest BCUT2D eigenvalue weighted by Gasteiger charge is -2.16. The predicted molar refractivity (Wildman–Crippen MR) is 74.7 cm³/mol. The minimum absolute atomic E-state index is 0.0554. The van der Waals surface area contributed by atoms with E-state index in [-0.39, 0.29) is 16.9 Å². The maximum Gasteiger partial charge on any atom is 0.433 e. The summed E-state index contributed by atoms with van der Waals surface area (Å²) in [7, 11) is 1.37. The van der Waals surface area contributed by atoms with Gasteiger partial charge in [0, 0.05) is 17.8 Å². The molecule has 0 spiro atoms. The molecule has 0 aliphatic rings. The highest BCUT2D eigenvalue weighted by Crippen LogP contribution is 2.32. The predicted octanol–water partition coefficient (Wildman–Crippen LogP) is 3.97. The molecule has 1 atom stereocenters. The topological polar surface area (TPSA) is 39.2 Å². The molecule has 0 amide bonds. The lowest BCUT2D eigenvalue weighted by molar-refractivity contribution is -0.141. The fourth-order valence-corrected chi connectivity index (χ4v) is 2.25. The molecule has 122 valence electrons. The van der Waals surface area contributed by atoms with E-state index in [1.165, 1.54) is 26.2 Å². The molecule has 0 aliphatic carbocycles. The molecule has 0 saturated heterocycles. The number of halogens is 4. The van der Waals surface area contributed by atoms with E-state index in [1.54, 1.807) is 0 Å². The monoisotopic (exact) mass is 327 g/mol. The number of hydrogen-bond acceptors (Lipinski definition) is 3. The maximum atomic E-state index is 14.2. The van der Waals surface area contributed by atoms with Gasteiger partial charge in [-0.05, 0) is 24.6 Å². The Bertz CT molecular complexity index is 711. The number of Topliss-reactive ketones (excluding diaryl/α,β-unsaturated/α-hetero) is 1. The summed E-state index contributed by atoms with van der Waals surface area (Å²) in [5, 5.41) is 0. The van der Waals surface area contributed by atoms with Gasteiger partial charge >= 0.3 is 6.18 Å². The maximum absolute atomic E-state index is 14.2. The van der Waals surface area contributed by atoms with Gasteiger partial charge in [-0.25, -0.2) is 4.39 Å². The second-order valence-corrected chi connectivity index (χ2v) is 4.91. The van der Waals surface area contributed by atoms with Crippen LogP contribution in [0.3, 0.4) is 0 Å². The summed E-state index contributed by atoms with van der Waals surface area (Å²) < 4.78 is 56.7. The van der Waals surface area contributed by atoms with Crippen molar-refractivity contribution in [1.29, 1.82) is 0 Å². The highest BCUT2D eigenvalue weighted by atomic mass is 19.4. The smallest absolute Gasteiger partial charge is 0.433 e. The molecule has 3 nitrogen and oxygen atoms in total. The van der Waals surface area contributed by atoms with Crippen molar-refractivity contribution in [1.82, 2.24) is 4.98 Å². The van der Waals surface area contributed by atoms with Gasteiger partial charge in [-0.3, -0.25) is 9.78 Å². The fraction of sp³-hybridized carbons (Fsp3) is 0.250. The van der Waals surface area contributed by atoms with Gasteiger partial charge < -0.3 is 4.74 Å². The molecule has 1 aromatic heterocycles. The van der Waals surface area contributed by atoms with Crippen LogP contribution in [0.15, 0.2) is 36.5 Å². The molecular formula is C16H13F4NO2. The highest BCUT2D eigenvalue weighted by Gasteiger charge is 2.33. The molecule has 0 N–H and O–H groups in total. The average Bonchev–Trinajstić information content (AvgIpc) is 2.48. The van der Waals surface area contributed by atoms with Crippen LogP contribution in [0.4, 0.5) is 17.6 Å². The molecule has 1 heterocycles. The standard InChI is InChI=1S/C16H13F4NO2/c1-9(22)15(12-5-4-11(23-2)7-13(12)17)10-3-6-14(21-8-10)16(18,19)20/h3-8,15H,1-2H3. The van der Waals surface area contributed by atoms with Gasteiger partial charge in [0.2, 0.25) is 0 Å². The molecule has 1 unspecified atom stereocenters. The number of aromatic nitrogens is 1. The molecular weight excluding hydrogens is 314 g/mol. The average molecular weight is 327 g/mol. The number of carbonyl (C=O) groups excluding carboxylic acids is 1. The first-order valence-corrected chi connectivity index (χ1v) is 6.61. The second kappa shape index (κ2) is 6.36. The Morgan fingerprint density at radius 2 is 1.91 bits per heavy atom. The van der Waals surface area contributed by atoms with E-state index < -0.39 is 29.4 Å². The summed E-state index contributed by atoms with van der Waals surface area (Å²) in [5.41, 5.74) is -0.826. The van der Waals surface area contributed by atoms with E-state index in [9.17, 15) is 22.4 Å². The van der Waals surface area contributed by atoms with Gasteiger partial charge in [0.05, 0.1) is 13.0 Å². The third kappa shape index (κ3) is 3.67. The Hall–Kier alpha value is -2.44. The minimum Gasteiger partial charge on any atom is -0.497 e. The largest absolute Gasteiger partial charge is 0.497 e. The van der Waals surface area contributed by atoms with Crippen molar-refractivity contribution in [2.45, 2.75) is 19.0 Å². The van der Waals surface area contributed by atoms with Crippen molar-refractivity contribution in [3.63, 3.8) is 0 Å². The zero-order chi connectivity index (χ0) is 17.2. The second-order valence-electron chi connectivity index (χ2n) is 4.91. The molecule has 0 bridgehead atoms. The molecule has 2 rings (SSSR count). The normalized spacial score (nSPS) is 12.8. The van der Waals surface area contributed by atoms with Crippen LogP contribution < -0.4 is 4.74 Å². The Balaban J connectivity index is 2.45. The Labute approximate surface area is 129 Å². The minimum atomic E-state index is -4.57. The van der Waals surface area contributed by atoms with Crippen molar-refractivity contribution in [3.05, 3.63) is 59.2 Å². The Morgan fingerprint density at radius 3 is 2.35 bits per heavy atom. The van der Waals surface area contributed by atoms with Crippen molar-refractivity contribution >= 4 is 5.78 Å². The van der Waals surface area contributed by atoms with E-state index >= 15 is 0 Å². The number of rotatable bonds is 4.